The van der Waals surface area contributed by atoms with Gasteiger partial charge in [0, 0.05) is 11.4 Å². The van der Waals surface area contributed by atoms with E-state index in [-0.39, 0.29) is 22.7 Å². The molecule has 0 aromatic carbocycles. The fraction of sp³-hybridized carbons (Fsp3) is 0.933. The predicted octanol–water partition coefficient (Wildman–Crippen LogP) is 2.79. The molecule has 1 saturated carbocycles. The molecule has 0 aromatic rings. The molecule has 118 valence electrons. The van der Waals surface area contributed by atoms with Gasteiger partial charge in [-0.15, -0.1) is 4.72 Å². The summed E-state index contributed by atoms with van der Waals surface area (Å²) in [7, 11) is 0. The molecule has 0 saturated heterocycles. The van der Waals surface area contributed by atoms with E-state index in [1.54, 1.807) is 0 Å². The van der Waals surface area contributed by atoms with Crippen LogP contribution in [-0.2, 0) is 20.9 Å². The summed E-state index contributed by atoms with van der Waals surface area (Å²) in [6.07, 6.45) is 1.51. The maximum atomic E-state index is 12.2. The molecule has 0 unspecified atom stereocenters. The third kappa shape index (κ3) is 5.26. The summed E-state index contributed by atoms with van der Waals surface area (Å²) in [5.74, 6) is 0.118. The summed E-state index contributed by atoms with van der Waals surface area (Å²) in [5.41, 5.74) is -0.444. The number of esters is 1. The molecule has 0 amide bonds. The molecule has 5 heteroatoms. The molecule has 4 atom stereocenters. The molecular weight excluding hydrogens is 274 g/mol. The van der Waals surface area contributed by atoms with Gasteiger partial charge < -0.3 is 9.29 Å². The zero-order chi connectivity index (χ0) is 15.7. The first-order chi connectivity index (χ1) is 8.90. The monoisotopic (exact) mass is 303 g/mol. The topological polar surface area (TPSA) is 61.4 Å². The molecule has 1 rings (SSSR count). The molecule has 4 nitrogen and oxygen atoms in total. The molecule has 0 aliphatic heterocycles. The first kappa shape index (κ1) is 17.8. The maximum Gasteiger partial charge on any atom is 0.309 e. The van der Waals surface area contributed by atoms with Crippen molar-refractivity contribution < 1.29 is 14.1 Å². The van der Waals surface area contributed by atoms with E-state index < -0.39 is 17.0 Å². The Kier molecular flexibility index (Phi) is 5.55. The Labute approximate surface area is 126 Å². The number of carbonyl (C=O) groups is 1. The van der Waals surface area contributed by atoms with E-state index in [1.165, 1.54) is 0 Å². The van der Waals surface area contributed by atoms with Gasteiger partial charge in [0.15, 0.2) is 0 Å². The van der Waals surface area contributed by atoms with Gasteiger partial charge >= 0.3 is 5.97 Å². The third-order valence-corrected chi connectivity index (χ3v) is 5.07. The van der Waals surface area contributed by atoms with E-state index in [9.17, 15) is 9.35 Å². The number of nitrogens with one attached hydrogen (secondary N) is 1. The van der Waals surface area contributed by atoms with Crippen molar-refractivity contribution in [1.29, 1.82) is 0 Å². The van der Waals surface area contributed by atoms with Crippen LogP contribution in [0.1, 0.15) is 61.3 Å². The number of hydrogen-bond acceptors (Lipinski definition) is 4. The van der Waals surface area contributed by atoms with Crippen LogP contribution in [0, 0.1) is 11.8 Å². The van der Waals surface area contributed by atoms with Gasteiger partial charge in [-0.25, -0.2) is 0 Å². The van der Waals surface area contributed by atoms with E-state index in [2.05, 4.69) is 11.6 Å². The Hall–Kier alpha value is -0.260. The van der Waals surface area contributed by atoms with E-state index >= 15 is 0 Å². The summed E-state index contributed by atoms with van der Waals surface area (Å²) in [6.45, 7) is 13.6. The summed E-state index contributed by atoms with van der Waals surface area (Å²) in [6, 6.07) is 0.118. The quantitative estimate of drug-likeness (QED) is 0.643. The molecule has 1 fully saturated rings. The zero-order valence-electron chi connectivity index (χ0n) is 13.8. The van der Waals surface area contributed by atoms with Gasteiger partial charge in [0.2, 0.25) is 0 Å². The first-order valence-corrected chi connectivity index (χ1v) is 8.46. The van der Waals surface area contributed by atoms with Crippen molar-refractivity contribution in [2.24, 2.45) is 11.8 Å². The second kappa shape index (κ2) is 6.24. The second-order valence-electron chi connectivity index (χ2n) is 7.78. The molecule has 20 heavy (non-hydrogen) atoms. The molecule has 0 radical (unpaired) electrons. The minimum absolute atomic E-state index is 0.0845. The Bertz CT molecular complexity index is 346. The van der Waals surface area contributed by atoms with Crippen molar-refractivity contribution in [2.45, 2.75) is 77.7 Å². The number of rotatable bonds is 3. The van der Waals surface area contributed by atoms with Crippen molar-refractivity contribution in [3.05, 3.63) is 0 Å². The maximum absolute atomic E-state index is 12.2. The van der Waals surface area contributed by atoms with E-state index in [0.29, 0.717) is 12.3 Å². The summed E-state index contributed by atoms with van der Waals surface area (Å²) in [4.78, 5) is 12.1. The molecule has 0 aromatic heterocycles. The average molecular weight is 303 g/mol. The molecule has 0 bridgehead atoms. The van der Waals surface area contributed by atoms with Gasteiger partial charge in [-0.2, -0.15) is 0 Å². The third-order valence-electron chi connectivity index (χ3n) is 3.44. The molecule has 0 spiro atoms. The average Bonchev–Trinajstić information content (AvgIpc) is 2.56. The minimum atomic E-state index is -1.10. The van der Waals surface area contributed by atoms with Gasteiger partial charge in [-0.1, -0.05) is 6.92 Å². The highest BCUT2D eigenvalue weighted by Crippen LogP contribution is 2.34. The van der Waals surface area contributed by atoms with Gasteiger partial charge in [0.05, 0.1) is 12.0 Å². The number of carbonyl (C=O) groups excluding carboxylic acids is 1. The van der Waals surface area contributed by atoms with Crippen molar-refractivity contribution in [3.8, 4) is 0 Å². The lowest BCUT2D eigenvalue weighted by Crippen LogP contribution is -2.45. The Morgan fingerprint density at radius 3 is 2.20 bits per heavy atom. The fourth-order valence-electron chi connectivity index (χ4n) is 2.30. The lowest BCUT2D eigenvalue weighted by Gasteiger charge is -2.27. The Morgan fingerprint density at radius 1 is 1.20 bits per heavy atom. The largest absolute Gasteiger partial charge is 0.598 e. The highest BCUT2D eigenvalue weighted by atomic mass is 32.2. The molecule has 1 aliphatic rings. The predicted molar refractivity (Wildman–Crippen MR) is 82.6 cm³/mol. The highest BCUT2D eigenvalue weighted by molar-refractivity contribution is 7.90. The van der Waals surface area contributed by atoms with Crippen LogP contribution in [0.25, 0.3) is 0 Å². The Balaban J connectivity index is 2.57. The highest BCUT2D eigenvalue weighted by Gasteiger charge is 2.41. The lowest BCUT2D eigenvalue weighted by atomic mass is 10.1. The smallest absolute Gasteiger partial charge is 0.309 e. The van der Waals surface area contributed by atoms with Crippen molar-refractivity contribution in [1.82, 2.24) is 4.72 Å². The molecule has 0 heterocycles. The number of hydrogen-bond donors (Lipinski definition) is 1. The number of ether oxygens (including phenoxy) is 1. The zero-order valence-corrected chi connectivity index (χ0v) is 14.6. The van der Waals surface area contributed by atoms with E-state index in [0.717, 1.165) is 6.42 Å². The van der Waals surface area contributed by atoms with Crippen LogP contribution in [0.5, 0.6) is 0 Å². The summed E-state index contributed by atoms with van der Waals surface area (Å²) >= 11 is -1.10. The van der Waals surface area contributed by atoms with Crippen LogP contribution in [0.15, 0.2) is 0 Å². The standard InChI is InChI=1S/C15H29NO3S/c1-10-8-11(13(17)19-14(2,3)4)9-12(10)16-20(18)15(5,6)7/h10-12,16H,8-9H2,1-7H3/t10-,11+,12-,20-/m0/s1. The second-order valence-corrected chi connectivity index (χ2v) is 9.78. The van der Waals surface area contributed by atoms with Gasteiger partial charge in [0.25, 0.3) is 0 Å². The normalized spacial score (nSPS) is 29.3. The van der Waals surface area contributed by atoms with Gasteiger partial charge in [-0.3, -0.25) is 4.79 Å². The van der Waals surface area contributed by atoms with Gasteiger partial charge in [0.1, 0.15) is 10.3 Å². The van der Waals surface area contributed by atoms with Crippen LogP contribution in [-0.4, -0.2) is 26.9 Å². The van der Waals surface area contributed by atoms with Crippen molar-refractivity contribution in [2.75, 3.05) is 0 Å². The SMILES string of the molecule is C[C@H]1C[C@@H](C(=O)OC(C)(C)C)C[C@@H]1N[S@@+]([O-])C(C)(C)C. The van der Waals surface area contributed by atoms with Crippen LogP contribution in [0.3, 0.4) is 0 Å². The van der Waals surface area contributed by atoms with Crippen LogP contribution >= 0.6 is 0 Å². The summed E-state index contributed by atoms with van der Waals surface area (Å²) < 4.78 is 20.5. The first-order valence-electron chi connectivity index (χ1n) is 7.31. The van der Waals surface area contributed by atoms with Crippen LogP contribution in [0.2, 0.25) is 0 Å². The van der Waals surface area contributed by atoms with Gasteiger partial charge in [-0.05, 0) is 60.3 Å². The van der Waals surface area contributed by atoms with Crippen molar-refractivity contribution in [3.63, 3.8) is 0 Å². The van der Waals surface area contributed by atoms with Crippen molar-refractivity contribution >= 4 is 17.3 Å². The van der Waals surface area contributed by atoms with E-state index in [1.807, 2.05) is 41.5 Å². The summed E-state index contributed by atoms with van der Waals surface area (Å²) in [5, 5.41) is 0. The fourth-order valence-corrected chi connectivity index (χ4v) is 3.26. The van der Waals surface area contributed by atoms with Crippen LogP contribution in [0.4, 0.5) is 0 Å². The molecular formula is C15H29NO3S. The lowest BCUT2D eigenvalue weighted by molar-refractivity contribution is -0.159. The minimum Gasteiger partial charge on any atom is -0.598 e. The van der Waals surface area contributed by atoms with E-state index in [4.69, 9.17) is 4.74 Å². The molecule has 1 N–H and O–H groups in total. The Morgan fingerprint density at radius 2 is 1.75 bits per heavy atom. The van der Waals surface area contributed by atoms with Crippen LogP contribution < -0.4 is 4.72 Å². The molecule has 1 aliphatic carbocycles.